The van der Waals surface area contributed by atoms with E-state index in [0.29, 0.717) is 22.8 Å². The molecule has 146 valence electrons. The minimum atomic E-state index is -0.457. The Morgan fingerprint density at radius 3 is 3.07 bits per heavy atom. The second-order valence-corrected chi connectivity index (χ2v) is 7.49. The smallest absolute Gasteiger partial charge is 0.350 e. The first kappa shape index (κ1) is 18.4. The number of ether oxygens (including phenoxy) is 1. The second-order valence-electron chi connectivity index (χ2n) is 6.57. The summed E-state index contributed by atoms with van der Waals surface area (Å²) in [6.45, 7) is 3.14. The van der Waals surface area contributed by atoms with Gasteiger partial charge < -0.3 is 19.5 Å². The first-order chi connectivity index (χ1) is 13.6. The fraction of sp³-hybridized carbons (Fsp3) is 0.389. The van der Waals surface area contributed by atoms with E-state index in [0.717, 1.165) is 36.3 Å². The summed E-state index contributed by atoms with van der Waals surface area (Å²) in [6, 6.07) is 1.71. The first-order valence-electron chi connectivity index (χ1n) is 8.87. The van der Waals surface area contributed by atoms with Crippen molar-refractivity contribution >= 4 is 45.8 Å². The van der Waals surface area contributed by atoms with Gasteiger partial charge in [-0.05, 0) is 31.2 Å². The number of nitrogens with zero attached hydrogens (tertiary/aromatic N) is 4. The lowest BCUT2D eigenvalue weighted by Gasteiger charge is -2.33. The maximum absolute atomic E-state index is 12.8. The van der Waals surface area contributed by atoms with E-state index in [1.54, 1.807) is 11.4 Å². The third kappa shape index (κ3) is 3.31. The van der Waals surface area contributed by atoms with Crippen LogP contribution in [0, 0.1) is 12.8 Å². The van der Waals surface area contributed by atoms with Crippen LogP contribution in [0.5, 0.6) is 0 Å². The SMILES string of the molecule is COC(=O)c1sccc1NC(=O)[C@H]1CCCN(c2ncnc3onc(C)c23)C1. The van der Waals surface area contributed by atoms with E-state index in [1.165, 1.54) is 24.8 Å². The van der Waals surface area contributed by atoms with Crippen LogP contribution in [0.1, 0.15) is 28.2 Å². The molecule has 1 saturated heterocycles. The van der Waals surface area contributed by atoms with Crippen LogP contribution in [-0.4, -0.2) is 47.2 Å². The quantitative estimate of drug-likeness (QED) is 0.664. The summed E-state index contributed by atoms with van der Waals surface area (Å²) < 4.78 is 9.99. The summed E-state index contributed by atoms with van der Waals surface area (Å²) in [5, 5.41) is 9.36. The fourth-order valence-corrected chi connectivity index (χ4v) is 4.19. The molecule has 0 aromatic carbocycles. The van der Waals surface area contributed by atoms with Crippen molar-refractivity contribution < 1.29 is 18.8 Å². The number of fused-ring (bicyclic) bond motifs is 1. The zero-order chi connectivity index (χ0) is 19.7. The summed E-state index contributed by atoms with van der Waals surface area (Å²) in [7, 11) is 1.32. The number of thiophene rings is 1. The molecule has 28 heavy (non-hydrogen) atoms. The summed E-state index contributed by atoms with van der Waals surface area (Å²) in [4.78, 5) is 35.6. The molecule has 1 amide bonds. The maximum atomic E-state index is 12.8. The van der Waals surface area contributed by atoms with Gasteiger partial charge in [0.25, 0.3) is 5.71 Å². The number of hydrogen-bond donors (Lipinski definition) is 1. The van der Waals surface area contributed by atoms with Gasteiger partial charge in [0.15, 0.2) is 0 Å². The molecule has 0 saturated carbocycles. The van der Waals surface area contributed by atoms with Crippen LogP contribution in [-0.2, 0) is 9.53 Å². The number of anilines is 2. The average molecular weight is 401 g/mol. The van der Waals surface area contributed by atoms with Crippen molar-refractivity contribution in [3.63, 3.8) is 0 Å². The maximum Gasteiger partial charge on any atom is 0.350 e. The number of amides is 1. The molecule has 1 N–H and O–H groups in total. The molecule has 0 unspecified atom stereocenters. The predicted molar refractivity (Wildman–Crippen MR) is 104 cm³/mol. The standard InChI is InChI=1S/C18H19N5O4S/c1-10-13-15(19-9-20-17(13)27-22-10)23-6-3-4-11(8-23)16(24)21-12-5-7-28-14(12)18(25)26-2/h5,7,9,11H,3-4,6,8H2,1-2H3,(H,21,24)/t11-/m0/s1. The van der Waals surface area contributed by atoms with Gasteiger partial charge in [0.2, 0.25) is 5.91 Å². The Balaban J connectivity index is 1.52. The van der Waals surface area contributed by atoms with Crippen LogP contribution in [0.4, 0.5) is 11.5 Å². The van der Waals surface area contributed by atoms with E-state index in [4.69, 9.17) is 9.26 Å². The highest BCUT2D eigenvalue weighted by molar-refractivity contribution is 7.12. The molecule has 3 aromatic rings. The number of aryl methyl sites for hydroxylation is 1. The monoisotopic (exact) mass is 401 g/mol. The van der Waals surface area contributed by atoms with Gasteiger partial charge in [0.1, 0.15) is 22.4 Å². The molecule has 0 radical (unpaired) electrons. The van der Waals surface area contributed by atoms with Crippen molar-refractivity contribution in [2.75, 3.05) is 30.4 Å². The van der Waals surface area contributed by atoms with E-state index in [2.05, 4.69) is 25.3 Å². The van der Waals surface area contributed by atoms with Crippen molar-refractivity contribution in [3.05, 3.63) is 28.3 Å². The Labute approximate surface area is 164 Å². The zero-order valence-electron chi connectivity index (χ0n) is 15.5. The van der Waals surface area contributed by atoms with E-state index < -0.39 is 5.97 Å². The minimum Gasteiger partial charge on any atom is -0.465 e. The molecule has 1 aliphatic heterocycles. The Morgan fingerprint density at radius 2 is 2.25 bits per heavy atom. The minimum absolute atomic E-state index is 0.124. The van der Waals surface area contributed by atoms with Gasteiger partial charge in [-0.15, -0.1) is 11.3 Å². The highest BCUT2D eigenvalue weighted by Gasteiger charge is 2.29. The number of aromatic nitrogens is 3. The van der Waals surface area contributed by atoms with Gasteiger partial charge in [-0.3, -0.25) is 4.79 Å². The first-order valence-corrected chi connectivity index (χ1v) is 9.75. The Kier molecular flexibility index (Phi) is 4.95. The molecular weight excluding hydrogens is 382 g/mol. The van der Waals surface area contributed by atoms with Gasteiger partial charge in [0.05, 0.1) is 24.4 Å². The van der Waals surface area contributed by atoms with Gasteiger partial charge in [0, 0.05) is 13.1 Å². The predicted octanol–water partition coefficient (Wildman–Crippen LogP) is 2.63. The molecule has 1 atom stereocenters. The highest BCUT2D eigenvalue weighted by Crippen LogP contribution is 2.30. The molecule has 0 aliphatic carbocycles. The molecule has 10 heteroatoms. The largest absolute Gasteiger partial charge is 0.465 e. The second kappa shape index (κ2) is 7.55. The molecule has 4 rings (SSSR count). The van der Waals surface area contributed by atoms with Crippen LogP contribution in [0.15, 0.2) is 22.3 Å². The van der Waals surface area contributed by atoms with Crippen LogP contribution in [0.2, 0.25) is 0 Å². The van der Waals surface area contributed by atoms with Crippen LogP contribution in [0.3, 0.4) is 0 Å². The number of hydrogen-bond acceptors (Lipinski definition) is 9. The van der Waals surface area contributed by atoms with Crippen molar-refractivity contribution in [3.8, 4) is 0 Å². The van der Waals surface area contributed by atoms with Gasteiger partial charge in [-0.1, -0.05) is 5.16 Å². The molecule has 0 bridgehead atoms. The molecule has 4 heterocycles. The zero-order valence-corrected chi connectivity index (χ0v) is 16.3. The number of nitrogens with one attached hydrogen (secondary N) is 1. The summed E-state index contributed by atoms with van der Waals surface area (Å²) in [6.07, 6.45) is 3.05. The summed E-state index contributed by atoms with van der Waals surface area (Å²) >= 11 is 1.24. The van der Waals surface area contributed by atoms with Crippen LogP contribution < -0.4 is 10.2 Å². The van der Waals surface area contributed by atoms with Crippen LogP contribution >= 0.6 is 11.3 Å². The van der Waals surface area contributed by atoms with E-state index in [1.807, 2.05) is 6.92 Å². The van der Waals surface area contributed by atoms with Gasteiger partial charge in [-0.25, -0.2) is 9.78 Å². The van der Waals surface area contributed by atoms with E-state index in [-0.39, 0.29) is 11.8 Å². The van der Waals surface area contributed by atoms with Crippen molar-refractivity contribution in [2.24, 2.45) is 5.92 Å². The number of carbonyl (C=O) groups is 2. The number of piperidine rings is 1. The third-order valence-electron chi connectivity index (χ3n) is 4.81. The molecule has 9 nitrogen and oxygen atoms in total. The third-order valence-corrected chi connectivity index (χ3v) is 5.70. The number of rotatable bonds is 4. The molecular formula is C18H19N5O4S. The van der Waals surface area contributed by atoms with Crippen molar-refractivity contribution in [2.45, 2.75) is 19.8 Å². The lowest BCUT2D eigenvalue weighted by atomic mass is 9.96. The van der Waals surface area contributed by atoms with E-state index >= 15 is 0 Å². The normalized spacial score (nSPS) is 16.9. The molecule has 1 aliphatic rings. The molecule has 3 aromatic heterocycles. The highest BCUT2D eigenvalue weighted by atomic mass is 32.1. The van der Waals surface area contributed by atoms with Gasteiger partial charge >= 0.3 is 5.97 Å². The molecule has 1 fully saturated rings. The summed E-state index contributed by atoms with van der Waals surface area (Å²) in [5.41, 5.74) is 1.64. The fourth-order valence-electron chi connectivity index (χ4n) is 3.42. The average Bonchev–Trinajstić information content (AvgIpc) is 3.34. The topological polar surface area (TPSA) is 110 Å². The van der Waals surface area contributed by atoms with E-state index in [9.17, 15) is 9.59 Å². The Hall–Kier alpha value is -3.01. The number of carbonyl (C=O) groups excluding carboxylic acids is 2. The van der Waals surface area contributed by atoms with Gasteiger partial charge in [-0.2, -0.15) is 4.98 Å². The molecule has 0 spiro atoms. The lowest BCUT2D eigenvalue weighted by molar-refractivity contribution is -0.120. The number of esters is 1. The van der Waals surface area contributed by atoms with Crippen molar-refractivity contribution in [1.82, 2.24) is 15.1 Å². The Morgan fingerprint density at radius 1 is 1.39 bits per heavy atom. The van der Waals surface area contributed by atoms with Crippen molar-refractivity contribution in [1.29, 1.82) is 0 Å². The number of methoxy groups -OCH3 is 1. The Bertz CT molecular complexity index is 1030. The summed E-state index contributed by atoms with van der Waals surface area (Å²) in [5.74, 6) is -0.0844. The van der Waals surface area contributed by atoms with Crippen LogP contribution in [0.25, 0.3) is 11.1 Å². The lowest BCUT2D eigenvalue weighted by Crippen LogP contribution is -2.41.